The summed E-state index contributed by atoms with van der Waals surface area (Å²) in [6, 6.07) is -0.339. The van der Waals surface area contributed by atoms with Crippen molar-refractivity contribution in [1.82, 2.24) is 15.5 Å². The van der Waals surface area contributed by atoms with Crippen molar-refractivity contribution in [3.8, 4) is 0 Å². The van der Waals surface area contributed by atoms with Crippen LogP contribution in [0.3, 0.4) is 0 Å². The van der Waals surface area contributed by atoms with Crippen molar-refractivity contribution < 1.29 is 14.7 Å². The smallest absolute Gasteiger partial charge is 0.329 e. The van der Waals surface area contributed by atoms with E-state index in [1.54, 1.807) is 0 Å². The molecule has 120 valence electrons. The van der Waals surface area contributed by atoms with Crippen LogP contribution in [0, 0.1) is 5.92 Å². The number of hydrogen-bond donors (Lipinski definition) is 3. The van der Waals surface area contributed by atoms with Gasteiger partial charge in [-0.2, -0.15) is 0 Å². The van der Waals surface area contributed by atoms with Crippen LogP contribution in [0.1, 0.15) is 44.9 Å². The van der Waals surface area contributed by atoms with E-state index in [1.807, 2.05) is 0 Å². The third-order valence-corrected chi connectivity index (χ3v) is 4.76. The SMILES string of the molecule is CN1CCC(CNC(=O)NC2(C(=O)O)CCCCCC2)C1. The summed E-state index contributed by atoms with van der Waals surface area (Å²) in [5.41, 5.74) is -1.08. The summed E-state index contributed by atoms with van der Waals surface area (Å²) in [7, 11) is 2.07. The van der Waals surface area contributed by atoms with Crippen LogP contribution in [-0.4, -0.2) is 54.2 Å². The summed E-state index contributed by atoms with van der Waals surface area (Å²) < 4.78 is 0. The molecule has 0 spiro atoms. The fourth-order valence-corrected chi connectivity index (χ4v) is 3.42. The number of amides is 2. The highest BCUT2D eigenvalue weighted by Crippen LogP contribution is 2.27. The Balaban J connectivity index is 1.84. The monoisotopic (exact) mass is 297 g/mol. The number of carbonyl (C=O) groups excluding carboxylic acids is 1. The molecule has 0 aromatic heterocycles. The van der Waals surface area contributed by atoms with Crippen molar-refractivity contribution in [1.29, 1.82) is 0 Å². The van der Waals surface area contributed by atoms with Gasteiger partial charge in [0.2, 0.25) is 0 Å². The van der Waals surface area contributed by atoms with E-state index in [9.17, 15) is 14.7 Å². The molecule has 0 aromatic rings. The second-order valence-corrected chi connectivity index (χ2v) is 6.55. The van der Waals surface area contributed by atoms with Gasteiger partial charge < -0.3 is 20.6 Å². The van der Waals surface area contributed by atoms with Crippen LogP contribution in [0.25, 0.3) is 0 Å². The van der Waals surface area contributed by atoms with Crippen LogP contribution in [0.2, 0.25) is 0 Å². The number of carboxylic acid groups (broad SMARTS) is 1. The van der Waals surface area contributed by atoms with E-state index in [0.29, 0.717) is 25.3 Å². The number of rotatable bonds is 4. The number of urea groups is 1. The first-order chi connectivity index (χ1) is 10.0. The van der Waals surface area contributed by atoms with Crippen LogP contribution < -0.4 is 10.6 Å². The molecule has 0 bridgehead atoms. The van der Waals surface area contributed by atoms with E-state index < -0.39 is 11.5 Å². The Morgan fingerprint density at radius 3 is 2.43 bits per heavy atom. The van der Waals surface area contributed by atoms with Crippen molar-refractivity contribution in [3.05, 3.63) is 0 Å². The normalized spacial score (nSPS) is 26.0. The fraction of sp³-hybridized carbons (Fsp3) is 0.867. The zero-order valence-corrected chi connectivity index (χ0v) is 12.9. The molecule has 3 N–H and O–H groups in total. The lowest BCUT2D eigenvalue weighted by molar-refractivity contribution is -0.145. The number of aliphatic carboxylic acids is 1. The molecule has 1 aliphatic heterocycles. The molecule has 1 saturated heterocycles. The van der Waals surface area contributed by atoms with Gasteiger partial charge in [-0.1, -0.05) is 25.7 Å². The van der Waals surface area contributed by atoms with Gasteiger partial charge in [0.25, 0.3) is 0 Å². The van der Waals surface area contributed by atoms with E-state index >= 15 is 0 Å². The second kappa shape index (κ2) is 7.11. The maximum atomic E-state index is 12.1. The maximum absolute atomic E-state index is 12.1. The molecular weight excluding hydrogens is 270 g/mol. The molecule has 2 aliphatic rings. The summed E-state index contributed by atoms with van der Waals surface area (Å²) in [6.45, 7) is 2.67. The Bertz CT molecular complexity index is 378. The van der Waals surface area contributed by atoms with E-state index in [-0.39, 0.29) is 6.03 Å². The van der Waals surface area contributed by atoms with Crippen LogP contribution in [0.15, 0.2) is 0 Å². The van der Waals surface area contributed by atoms with E-state index in [2.05, 4.69) is 22.6 Å². The molecular formula is C15H27N3O3. The minimum absolute atomic E-state index is 0.339. The molecule has 6 nitrogen and oxygen atoms in total. The van der Waals surface area contributed by atoms with Crippen LogP contribution in [-0.2, 0) is 4.79 Å². The molecule has 1 unspecified atom stereocenters. The number of likely N-dealkylation sites (tertiary alicyclic amines) is 1. The molecule has 21 heavy (non-hydrogen) atoms. The second-order valence-electron chi connectivity index (χ2n) is 6.55. The molecule has 6 heteroatoms. The van der Waals surface area contributed by atoms with Crippen LogP contribution in [0.4, 0.5) is 4.79 Å². The molecule has 1 aliphatic carbocycles. The first-order valence-electron chi connectivity index (χ1n) is 8.00. The van der Waals surface area contributed by atoms with Gasteiger partial charge in [0.1, 0.15) is 5.54 Å². The molecule has 2 rings (SSSR count). The molecule has 2 fully saturated rings. The Kier molecular flexibility index (Phi) is 5.45. The standard InChI is InChI=1S/C15H27N3O3/c1-18-9-6-12(11-18)10-16-14(21)17-15(13(19)20)7-4-2-3-5-8-15/h12H,2-11H2,1H3,(H,19,20)(H2,16,17,21). The zero-order chi connectivity index (χ0) is 15.3. The van der Waals surface area contributed by atoms with E-state index in [1.165, 1.54) is 0 Å². The summed E-state index contributed by atoms with van der Waals surface area (Å²) in [4.78, 5) is 25.9. The number of hydrogen-bond acceptors (Lipinski definition) is 3. The Labute approximate surface area is 126 Å². The minimum Gasteiger partial charge on any atom is -0.480 e. The average Bonchev–Trinajstić information content (AvgIpc) is 2.71. The predicted molar refractivity (Wildman–Crippen MR) is 80.2 cm³/mol. The largest absolute Gasteiger partial charge is 0.480 e. The minimum atomic E-state index is -1.08. The molecule has 1 heterocycles. The third-order valence-electron chi connectivity index (χ3n) is 4.76. The lowest BCUT2D eigenvalue weighted by atomic mass is 9.90. The highest BCUT2D eigenvalue weighted by Gasteiger charge is 2.40. The van der Waals surface area contributed by atoms with Gasteiger partial charge in [-0.05, 0) is 38.8 Å². The van der Waals surface area contributed by atoms with Gasteiger partial charge in [0.15, 0.2) is 0 Å². The van der Waals surface area contributed by atoms with Crippen molar-refractivity contribution in [2.24, 2.45) is 5.92 Å². The Morgan fingerprint density at radius 2 is 1.90 bits per heavy atom. The number of nitrogens with one attached hydrogen (secondary N) is 2. The topological polar surface area (TPSA) is 81.7 Å². The molecule has 1 atom stereocenters. The van der Waals surface area contributed by atoms with Gasteiger partial charge in [0.05, 0.1) is 0 Å². The molecule has 1 saturated carbocycles. The highest BCUT2D eigenvalue weighted by molar-refractivity contribution is 5.86. The highest BCUT2D eigenvalue weighted by atomic mass is 16.4. The molecule has 0 aromatic carbocycles. The lowest BCUT2D eigenvalue weighted by Crippen LogP contribution is -2.57. The summed E-state index contributed by atoms with van der Waals surface area (Å²) in [5, 5.41) is 15.1. The quantitative estimate of drug-likeness (QED) is 0.685. The summed E-state index contributed by atoms with van der Waals surface area (Å²) >= 11 is 0. The zero-order valence-electron chi connectivity index (χ0n) is 12.9. The lowest BCUT2D eigenvalue weighted by Gasteiger charge is -2.29. The van der Waals surface area contributed by atoms with Crippen LogP contribution in [0.5, 0.6) is 0 Å². The van der Waals surface area contributed by atoms with Gasteiger partial charge in [-0.3, -0.25) is 0 Å². The Hall–Kier alpha value is -1.30. The summed E-state index contributed by atoms with van der Waals surface area (Å²) in [5.74, 6) is -0.434. The van der Waals surface area contributed by atoms with Crippen molar-refractivity contribution in [2.45, 2.75) is 50.5 Å². The van der Waals surface area contributed by atoms with Gasteiger partial charge >= 0.3 is 12.0 Å². The van der Waals surface area contributed by atoms with Crippen molar-refractivity contribution >= 4 is 12.0 Å². The number of carboxylic acids is 1. The number of carbonyl (C=O) groups is 2. The third kappa shape index (κ3) is 4.33. The first kappa shape index (κ1) is 16.1. The van der Waals surface area contributed by atoms with E-state index in [0.717, 1.165) is 45.2 Å². The fourth-order valence-electron chi connectivity index (χ4n) is 3.42. The summed E-state index contributed by atoms with van der Waals surface area (Å²) in [6.07, 6.45) is 5.96. The average molecular weight is 297 g/mol. The van der Waals surface area contributed by atoms with Gasteiger partial charge in [-0.25, -0.2) is 9.59 Å². The van der Waals surface area contributed by atoms with E-state index in [4.69, 9.17) is 0 Å². The van der Waals surface area contributed by atoms with Crippen molar-refractivity contribution in [3.63, 3.8) is 0 Å². The van der Waals surface area contributed by atoms with Crippen LogP contribution >= 0.6 is 0 Å². The van der Waals surface area contributed by atoms with Gasteiger partial charge in [-0.15, -0.1) is 0 Å². The predicted octanol–water partition coefficient (Wildman–Crippen LogP) is 1.41. The van der Waals surface area contributed by atoms with Gasteiger partial charge in [0, 0.05) is 13.1 Å². The van der Waals surface area contributed by atoms with Crippen molar-refractivity contribution in [2.75, 3.05) is 26.7 Å². The maximum Gasteiger partial charge on any atom is 0.329 e. The Morgan fingerprint density at radius 1 is 1.24 bits per heavy atom. The number of nitrogens with zero attached hydrogens (tertiary/aromatic N) is 1. The first-order valence-corrected chi connectivity index (χ1v) is 8.00. The molecule has 2 amide bonds. The molecule has 0 radical (unpaired) electrons.